The minimum Gasteiger partial charge on any atom is -0.413 e. The maximum Gasteiger partial charge on any atom is 0.129 e. The van der Waals surface area contributed by atoms with Crippen LogP contribution >= 0.6 is 0 Å². The van der Waals surface area contributed by atoms with Crippen LogP contribution in [0, 0.1) is 5.92 Å². The highest BCUT2D eigenvalue weighted by Gasteiger charge is 2.20. The zero-order chi connectivity index (χ0) is 7.52. The first-order valence-electron chi connectivity index (χ1n) is 3.90. The van der Waals surface area contributed by atoms with Crippen molar-refractivity contribution >= 4 is 0 Å². The molecule has 0 bridgehead atoms. The smallest absolute Gasteiger partial charge is 0.129 e. The Morgan fingerprint density at radius 1 is 1.36 bits per heavy atom. The van der Waals surface area contributed by atoms with Gasteiger partial charge in [0, 0.05) is 12.5 Å². The Bertz CT molecular complexity index is 228. The van der Waals surface area contributed by atoms with Gasteiger partial charge < -0.3 is 4.84 Å². The van der Waals surface area contributed by atoms with Crippen LogP contribution in [0.3, 0.4) is 0 Å². The number of hydrogen-bond acceptors (Lipinski definition) is 2. The zero-order valence-corrected chi connectivity index (χ0v) is 6.29. The number of hydroxylamine groups is 1. The van der Waals surface area contributed by atoms with Gasteiger partial charge in [-0.2, -0.15) is 5.48 Å². The minimum absolute atomic E-state index is 0.538. The molecule has 1 saturated heterocycles. The highest BCUT2D eigenvalue weighted by molar-refractivity contribution is 5.19. The third-order valence-corrected chi connectivity index (χ3v) is 1.96. The van der Waals surface area contributed by atoms with Crippen molar-refractivity contribution in [2.45, 2.75) is 6.42 Å². The lowest BCUT2D eigenvalue weighted by molar-refractivity contribution is 0.155. The molecule has 0 spiro atoms. The fourth-order valence-electron chi connectivity index (χ4n) is 1.32. The molecule has 1 atom stereocenters. The van der Waals surface area contributed by atoms with Gasteiger partial charge in [0.05, 0.1) is 0 Å². The third kappa shape index (κ3) is 1.35. The average molecular weight is 149 g/mol. The molecule has 2 nitrogen and oxygen atoms in total. The first-order valence-corrected chi connectivity index (χ1v) is 3.90. The number of nitrogens with one attached hydrogen (secondary N) is 1. The van der Waals surface area contributed by atoms with Gasteiger partial charge in [0.15, 0.2) is 0 Å². The lowest BCUT2D eigenvalue weighted by atomic mass is 10.0. The van der Waals surface area contributed by atoms with Gasteiger partial charge in [0.1, 0.15) is 5.76 Å². The van der Waals surface area contributed by atoms with Crippen molar-refractivity contribution in [3.63, 3.8) is 0 Å². The summed E-state index contributed by atoms with van der Waals surface area (Å²) in [5, 5.41) is 0. The summed E-state index contributed by atoms with van der Waals surface area (Å²) in [6.45, 7) is 0.935. The van der Waals surface area contributed by atoms with E-state index in [9.17, 15) is 0 Å². The predicted octanol–water partition coefficient (Wildman–Crippen LogP) is 1.54. The van der Waals surface area contributed by atoms with E-state index < -0.39 is 0 Å². The van der Waals surface area contributed by atoms with Crippen LogP contribution in [-0.2, 0) is 4.84 Å². The molecule has 11 heavy (non-hydrogen) atoms. The van der Waals surface area contributed by atoms with E-state index in [0.717, 1.165) is 18.7 Å². The van der Waals surface area contributed by atoms with Crippen LogP contribution in [0.25, 0.3) is 0 Å². The normalized spacial score (nSPS) is 38.9. The molecule has 2 aliphatic rings. The zero-order valence-electron chi connectivity index (χ0n) is 6.29. The molecule has 0 aromatic carbocycles. The lowest BCUT2D eigenvalue weighted by Crippen LogP contribution is -2.07. The molecule has 58 valence electrons. The highest BCUT2D eigenvalue weighted by atomic mass is 16.7. The number of fused-ring (bicyclic) bond motifs is 1. The van der Waals surface area contributed by atoms with Crippen molar-refractivity contribution in [3.8, 4) is 0 Å². The summed E-state index contributed by atoms with van der Waals surface area (Å²) in [7, 11) is 0. The van der Waals surface area contributed by atoms with Crippen molar-refractivity contribution < 1.29 is 4.84 Å². The van der Waals surface area contributed by atoms with Gasteiger partial charge in [-0.25, -0.2) is 0 Å². The standard InChI is InChI=1S/C9H11NO/c1-2-4-6-9-8(5-3-1)7-10-11-9/h1-4,6,8,10H,5,7H2/b3-1-,4-2-,9-6+. The second kappa shape index (κ2) is 2.93. The van der Waals surface area contributed by atoms with Gasteiger partial charge in [0.25, 0.3) is 0 Å². The number of allylic oxidation sites excluding steroid dienone is 5. The molecule has 0 amide bonds. The van der Waals surface area contributed by atoms with E-state index in [0.29, 0.717) is 5.92 Å². The van der Waals surface area contributed by atoms with E-state index in [1.165, 1.54) is 0 Å². The molecular weight excluding hydrogens is 138 g/mol. The minimum atomic E-state index is 0.538. The molecule has 2 heteroatoms. The molecule has 1 heterocycles. The van der Waals surface area contributed by atoms with Crippen molar-refractivity contribution in [1.82, 2.24) is 5.48 Å². The summed E-state index contributed by atoms with van der Waals surface area (Å²) in [5.74, 6) is 1.60. The van der Waals surface area contributed by atoms with Crippen molar-refractivity contribution in [2.75, 3.05) is 6.54 Å². The molecule has 0 radical (unpaired) electrons. The molecule has 1 fully saturated rings. The Kier molecular flexibility index (Phi) is 1.78. The number of hydrogen-bond donors (Lipinski definition) is 1. The molecule has 2 rings (SSSR count). The lowest BCUT2D eigenvalue weighted by Gasteiger charge is -2.04. The molecule has 1 aliphatic carbocycles. The first-order chi connectivity index (χ1) is 5.47. The maximum absolute atomic E-state index is 5.22. The highest BCUT2D eigenvalue weighted by Crippen LogP contribution is 2.21. The molecule has 1 aliphatic heterocycles. The van der Waals surface area contributed by atoms with Crippen molar-refractivity contribution in [2.24, 2.45) is 5.92 Å². The van der Waals surface area contributed by atoms with Gasteiger partial charge in [0.2, 0.25) is 0 Å². The second-order valence-corrected chi connectivity index (χ2v) is 2.77. The van der Waals surface area contributed by atoms with E-state index in [4.69, 9.17) is 4.84 Å². The van der Waals surface area contributed by atoms with Gasteiger partial charge >= 0.3 is 0 Å². The summed E-state index contributed by atoms with van der Waals surface area (Å²) in [5.41, 5.74) is 2.88. The Hall–Kier alpha value is -1.02. The summed E-state index contributed by atoms with van der Waals surface area (Å²) in [6.07, 6.45) is 11.4. The van der Waals surface area contributed by atoms with Crippen LogP contribution < -0.4 is 5.48 Å². The summed E-state index contributed by atoms with van der Waals surface area (Å²) >= 11 is 0. The molecular formula is C9H11NO. The summed E-state index contributed by atoms with van der Waals surface area (Å²) in [6, 6.07) is 0. The van der Waals surface area contributed by atoms with Crippen LogP contribution in [0.2, 0.25) is 0 Å². The van der Waals surface area contributed by atoms with Gasteiger partial charge in [-0.05, 0) is 12.5 Å². The Balaban J connectivity index is 2.21. The maximum atomic E-state index is 5.22. The van der Waals surface area contributed by atoms with E-state index >= 15 is 0 Å². The largest absolute Gasteiger partial charge is 0.413 e. The summed E-state index contributed by atoms with van der Waals surface area (Å²) in [4.78, 5) is 5.22. The summed E-state index contributed by atoms with van der Waals surface area (Å²) < 4.78 is 0. The van der Waals surface area contributed by atoms with E-state index in [1.807, 2.05) is 18.2 Å². The average Bonchev–Trinajstić information content (AvgIpc) is 2.35. The van der Waals surface area contributed by atoms with Crippen LogP contribution in [0.5, 0.6) is 0 Å². The molecule has 0 aromatic rings. The van der Waals surface area contributed by atoms with Crippen molar-refractivity contribution in [1.29, 1.82) is 0 Å². The predicted molar refractivity (Wildman–Crippen MR) is 43.6 cm³/mol. The van der Waals surface area contributed by atoms with Crippen LogP contribution in [0.15, 0.2) is 36.1 Å². The van der Waals surface area contributed by atoms with Gasteiger partial charge in [-0.3, -0.25) is 0 Å². The fraction of sp³-hybridized carbons (Fsp3) is 0.333. The van der Waals surface area contributed by atoms with Crippen LogP contribution in [0.1, 0.15) is 6.42 Å². The molecule has 1 unspecified atom stereocenters. The van der Waals surface area contributed by atoms with Gasteiger partial charge in [-0.15, -0.1) is 0 Å². The Morgan fingerprint density at radius 3 is 3.36 bits per heavy atom. The van der Waals surface area contributed by atoms with Crippen LogP contribution in [-0.4, -0.2) is 6.54 Å². The van der Waals surface area contributed by atoms with Gasteiger partial charge in [-0.1, -0.05) is 24.3 Å². The van der Waals surface area contributed by atoms with E-state index in [1.54, 1.807) is 0 Å². The van der Waals surface area contributed by atoms with Crippen molar-refractivity contribution in [3.05, 3.63) is 36.1 Å². The topological polar surface area (TPSA) is 21.3 Å². The monoisotopic (exact) mass is 149 g/mol. The molecule has 0 aromatic heterocycles. The first kappa shape index (κ1) is 6.68. The fourth-order valence-corrected chi connectivity index (χ4v) is 1.32. The van der Waals surface area contributed by atoms with Crippen LogP contribution in [0.4, 0.5) is 0 Å². The quantitative estimate of drug-likeness (QED) is 0.564. The molecule has 0 saturated carbocycles. The van der Waals surface area contributed by atoms with E-state index in [-0.39, 0.29) is 0 Å². The third-order valence-electron chi connectivity index (χ3n) is 1.96. The Labute approximate surface area is 66.2 Å². The van der Waals surface area contributed by atoms with E-state index in [2.05, 4.69) is 17.6 Å². The Morgan fingerprint density at radius 2 is 2.36 bits per heavy atom. The second-order valence-electron chi connectivity index (χ2n) is 2.77. The molecule has 1 N–H and O–H groups in total. The number of rotatable bonds is 0. The SMILES string of the molecule is C1=C\C=C2\ONCC2C\C=C/1.